The van der Waals surface area contributed by atoms with Gasteiger partial charge in [-0.25, -0.2) is 4.79 Å². The van der Waals surface area contributed by atoms with Gasteiger partial charge >= 0.3 is 5.69 Å². The molecule has 0 saturated heterocycles. The summed E-state index contributed by atoms with van der Waals surface area (Å²) < 4.78 is 2.07. The fourth-order valence-corrected chi connectivity index (χ4v) is 2.57. The molecule has 8 nitrogen and oxygen atoms in total. The van der Waals surface area contributed by atoms with Crippen LogP contribution in [0.2, 0.25) is 0 Å². The van der Waals surface area contributed by atoms with Crippen molar-refractivity contribution in [3.8, 4) is 0 Å². The van der Waals surface area contributed by atoms with Gasteiger partial charge < -0.3 is 10.0 Å². The molecule has 0 aliphatic rings. The summed E-state index contributed by atoms with van der Waals surface area (Å²) in [6, 6.07) is 6.03. The van der Waals surface area contributed by atoms with Gasteiger partial charge in [0.05, 0.1) is 24.9 Å². The number of carbonyl (C=O) groups is 1. The topological polar surface area (TPSA) is 97.4 Å². The molecule has 0 spiro atoms. The van der Waals surface area contributed by atoms with E-state index in [4.69, 9.17) is 0 Å². The zero-order valence-electron chi connectivity index (χ0n) is 14.5. The first kappa shape index (κ1) is 18.6. The van der Waals surface area contributed by atoms with Crippen molar-refractivity contribution >= 4 is 5.91 Å². The number of rotatable bonds is 6. The highest BCUT2D eigenvalue weighted by molar-refractivity contribution is 5.92. The van der Waals surface area contributed by atoms with Crippen molar-refractivity contribution in [2.45, 2.75) is 25.9 Å². The highest BCUT2D eigenvalue weighted by Crippen LogP contribution is 2.13. The smallest absolute Gasteiger partial charge is 0.331 e. The second kappa shape index (κ2) is 7.89. The van der Waals surface area contributed by atoms with E-state index in [1.165, 1.54) is 19.0 Å². The third-order valence-electron chi connectivity index (χ3n) is 4.19. The summed E-state index contributed by atoms with van der Waals surface area (Å²) in [5.41, 5.74) is -0.500. The van der Waals surface area contributed by atoms with Crippen LogP contribution in [0.3, 0.4) is 0 Å². The molecular weight excluding hydrogens is 324 g/mol. The molecule has 2 rings (SSSR count). The van der Waals surface area contributed by atoms with E-state index < -0.39 is 23.2 Å². The van der Waals surface area contributed by atoms with Crippen molar-refractivity contribution in [3.63, 3.8) is 0 Å². The number of amides is 1. The molecule has 2 heterocycles. The molecule has 1 atom stereocenters. The molecule has 0 fully saturated rings. The normalized spacial score (nSPS) is 12.0. The minimum absolute atomic E-state index is 0.0177. The van der Waals surface area contributed by atoms with Crippen molar-refractivity contribution in [2.24, 2.45) is 14.1 Å². The Labute approximate surface area is 145 Å². The van der Waals surface area contributed by atoms with Gasteiger partial charge in [0.15, 0.2) is 0 Å². The maximum Gasteiger partial charge on any atom is 0.331 e. The molecule has 8 heteroatoms. The fraction of sp³-hybridized carbons (Fsp3) is 0.412. The number of hydrogen-bond donors (Lipinski definition) is 1. The molecule has 0 bridgehead atoms. The van der Waals surface area contributed by atoms with Crippen LogP contribution in [-0.4, -0.2) is 42.7 Å². The van der Waals surface area contributed by atoms with Crippen molar-refractivity contribution < 1.29 is 9.90 Å². The van der Waals surface area contributed by atoms with Gasteiger partial charge in [-0.05, 0) is 18.6 Å². The van der Waals surface area contributed by atoms with Gasteiger partial charge in [0.25, 0.3) is 11.5 Å². The van der Waals surface area contributed by atoms with Crippen LogP contribution in [0, 0.1) is 0 Å². The summed E-state index contributed by atoms with van der Waals surface area (Å²) in [5, 5.41) is 9.64. The Hall–Kier alpha value is -2.74. The van der Waals surface area contributed by atoms with E-state index in [0.717, 1.165) is 15.2 Å². The average molecular weight is 346 g/mol. The number of aromatic nitrogens is 3. The summed E-state index contributed by atoms with van der Waals surface area (Å²) in [7, 11) is 2.79. The number of carbonyl (C=O) groups excluding carboxylic acids is 1. The Morgan fingerprint density at radius 2 is 2.00 bits per heavy atom. The van der Waals surface area contributed by atoms with Crippen molar-refractivity contribution in [1.82, 2.24) is 19.0 Å². The van der Waals surface area contributed by atoms with Crippen molar-refractivity contribution in [2.75, 3.05) is 6.61 Å². The average Bonchev–Trinajstić information content (AvgIpc) is 2.63. The molecule has 2 aromatic heterocycles. The maximum atomic E-state index is 13.0. The molecule has 0 aliphatic heterocycles. The van der Waals surface area contributed by atoms with Crippen LogP contribution in [0.4, 0.5) is 0 Å². The zero-order chi connectivity index (χ0) is 18.6. The Balaban J connectivity index is 2.49. The van der Waals surface area contributed by atoms with Gasteiger partial charge in [-0.3, -0.25) is 23.7 Å². The SMILES string of the molecule is CC[C@@H](CO)N(Cc1ccccn1)C(=O)c1cc(=O)n(C)c(=O)n1C. The number of pyridine rings is 1. The number of nitrogens with zero attached hydrogens (tertiary/aromatic N) is 4. The molecule has 1 amide bonds. The zero-order valence-corrected chi connectivity index (χ0v) is 14.5. The Kier molecular flexibility index (Phi) is 5.87. The van der Waals surface area contributed by atoms with Gasteiger partial charge in [-0.15, -0.1) is 0 Å². The molecule has 1 N–H and O–H groups in total. The van der Waals surface area contributed by atoms with E-state index in [-0.39, 0.29) is 18.8 Å². The predicted octanol–water partition coefficient (Wildman–Crippen LogP) is -0.108. The van der Waals surface area contributed by atoms with Gasteiger partial charge in [0, 0.05) is 26.4 Å². The summed E-state index contributed by atoms with van der Waals surface area (Å²) in [6.45, 7) is 1.79. The number of hydrogen-bond acceptors (Lipinski definition) is 5. The highest BCUT2D eigenvalue weighted by Gasteiger charge is 2.26. The lowest BCUT2D eigenvalue weighted by Gasteiger charge is -2.30. The van der Waals surface area contributed by atoms with Gasteiger partial charge in [0.2, 0.25) is 0 Å². The minimum Gasteiger partial charge on any atom is -0.394 e. The lowest BCUT2D eigenvalue weighted by atomic mass is 10.1. The maximum absolute atomic E-state index is 13.0. The molecule has 0 aliphatic carbocycles. The molecule has 0 aromatic carbocycles. The predicted molar refractivity (Wildman–Crippen MR) is 92.2 cm³/mol. The van der Waals surface area contributed by atoms with E-state index in [1.54, 1.807) is 24.4 Å². The van der Waals surface area contributed by atoms with E-state index in [2.05, 4.69) is 4.98 Å². The summed E-state index contributed by atoms with van der Waals surface area (Å²) in [5.74, 6) is -0.496. The minimum atomic E-state index is -0.578. The van der Waals surface area contributed by atoms with Crippen molar-refractivity contribution in [3.05, 3.63) is 62.7 Å². The van der Waals surface area contributed by atoms with Crippen LogP contribution in [0.25, 0.3) is 0 Å². The van der Waals surface area contributed by atoms with Crippen LogP contribution in [0.15, 0.2) is 40.1 Å². The quantitative estimate of drug-likeness (QED) is 0.787. The third-order valence-corrected chi connectivity index (χ3v) is 4.19. The van der Waals surface area contributed by atoms with E-state index in [1.807, 2.05) is 6.92 Å². The standard InChI is InChI=1S/C17H22N4O4/c1-4-13(11-22)21(10-12-7-5-6-8-18-12)16(24)14-9-15(23)20(3)17(25)19(14)2/h5-9,13,22H,4,10-11H2,1-3H3/t13-/m0/s1. The largest absolute Gasteiger partial charge is 0.394 e. The lowest BCUT2D eigenvalue weighted by Crippen LogP contribution is -2.46. The Bertz CT molecular complexity index is 853. The molecule has 0 radical (unpaired) electrons. The molecule has 25 heavy (non-hydrogen) atoms. The fourth-order valence-electron chi connectivity index (χ4n) is 2.57. The molecule has 0 saturated carbocycles. The van der Waals surface area contributed by atoms with Crippen LogP contribution in [0.5, 0.6) is 0 Å². The Morgan fingerprint density at radius 1 is 1.28 bits per heavy atom. The second-order valence-corrected chi connectivity index (χ2v) is 5.77. The first-order valence-corrected chi connectivity index (χ1v) is 7.99. The van der Waals surface area contributed by atoms with Crippen LogP contribution in [0.1, 0.15) is 29.5 Å². The molecular formula is C17H22N4O4. The summed E-state index contributed by atoms with van der Waals surface area (Å²) in [6.07, 6.45) is 2.14. The number of aliphatic hydroxyl groups excluding tert-OH is 1. The van der Waals surface area contributed by atoms with Gasteiger partial charge in [-0.2, -0.15) is 0 Å². The first-order valence-electron chi connectivity index (χ1n) is 7.99. The van der Waals surface area contributed by atoms with Crippen molar-refractivity contribution in [1.29, 1.82) is 0 Å². The van der Waals surface area contributed by atoms with E-state index in [9.17, 15) is 19.5 Å². The van der Waals surface area contributed by atoms with Crippen LogP contribution in [-0.2, 0) is 20.6 Å². The second-order valence-electron chi connectivity index (χ2n) is 5.77. The van der Waals surface area contributed by atoms with Crippen LogP contribution >= 0.6 is 0 Å². The Morgan fingerprint density at radius 3 is 2.56 bits per heavy atom. The van der Waals surface area contributed by atoms with Gasteiger partial charge in [-0.1, -0.05) is 13.0 Å². The van der Waals surface area contributed by atoms with Gasteiger partial charge in [0.1, 0.15) is 5.69 Å². The monoisotopic (exact) mass is 346 g/mol. The van der Waals surface area contributed by atoms with E-state index in [0.29, 0.717) is 12.1 Å². The lowest BCUT2D eigenvalue weighted by molar-refractivity contribution is 0.0548. The van der Waals surface area contributed by atoms with Crippen LogP contribution < -0.4 is 11.2 Å². The molecule has 134 valence electrons. The third kappa shape index (κ3) is 3.85. The molecule has 2 aromatic rings. The molecule has 0 unspecified atom stereocenters. The summed E-state index contributed by atoms with van der Waals surface area (Å²) in [4.78, 5) is 42.7. The number of aliphatic hydroxyl groups is 1. The van der Waals surface area contributed by atoms with E-state index >= 15 is 0 Å². The summed E-state index contributed by atoms with van der Waals surface area (Å²) >= 11 is 0. The highest BCUT2D eigenvalue weighted by atomic mass is 16.3. The first-order chi connectivity index (χ1) is 11.9.